The molecule has 0 aromatic heterocycles. The predicted octanol–water partition coefficient (Wildman–Crippen LogP) is 3.60. The van der Waals surface area contributed by atoms with Gasteiger partial charge in [0, 0.05) is 23.2 Å². The van der Waals surface area contributed by atoms with Gasteiger partial charge in [0.15, 0.2) is 0 Å². The number of amides is 2. The van der Waals surface area contributed by atoms with Crippen molar-refractivity contribution in [2.24, 2.45) is 5.92 Å². The number of hydrogen-bond acceptors (Lipinski definition) is 3. The fraction of sp³-hybridized carbons (Fsp3) is 0.263. The molecule has 2 N–H and O–H groups in total. The minimum Gasteiger partial charge on any atom is -0.494 e. The first-order chi connectivity index (χ1) is 11.6. The highest BCUT2D eigenvalue weighted by molar-refractivity contribution is 6.05. The van der Waals surface area contributed by atoms with Gasteiger partial charge in [0.1, 0.15) is 5.75 Å². The van der Waals surface area contributed by atoms with Crippen molar-refractivity contribution < 1.29 is 14.3 Å². The van der Waals surface area contributed by atoms with Crippen LogP contribution in [0.1, 0.15) is 28.8 Å². The van der Waals surface area contributed by atoms with E-state index in [1.807, 2.05) is 31.2 Å². The molecule has 1 fully saturated rings. The van der Waals surface area contributed by atoms with E-state index in [0.717, 1.165) is 18.4 Å². The second kappa shape index (κ2) is 6.74. The third kappa shape index (κ3) is 3.56. The number of aryl methyl sites for hydroxylation is 1. The van der Waals surface area contributed by atoms with Crippen LogP contribution in [0, 0.1) is 12.8 Å². The molecule has 1 aliphatic rings. The Morgan fingerprint density at radius 3 is 2.38 bits per heavy atom. The van der Waals surface area contributed by atoms with Crippen LogP contribution >= 0.6 is 0 Å². The van der Waals surface area contributed by atoms with Gasteiger partial charge in [0.2, 0.25) is 5.91 Å². The van der Waals surface area contributed by atoms with Gasteiger partial charge in [0.05, 0.1) is 12.8 Å². The van der Waals surface area contributed by atoms with Gasteiger partial charge in [-0.2, -0.15) is 0 Å². The second-order valence-electron chi connectivity index (χ2n) is 5.95. The first-order valence-electron chi connectivity index (χ1n) is 7.94. The average Bonchev–Trinajstić information content (AvgIpc) is 3.43. The summed E-state index contributed by atoms with van der Waals surface area (Å²) in [6.07, 6.45) is 1.89. The number of methoxy groups -OCH3 is 1. The van der Waals surface area contributed by atoms with Crippen LogP contribution in [-0.4, -0.2) is 18.9 Å². The molecule has 0 saturated heterocycles. The van der Waals surface area contributed by atoms with Crippen LogP contribution in [0.3, 0.4) is 0 Å². The monoisotopic (exact) mass is 324 g/mol. The Morgan fingerprint density at radius 2 is 1.75 bits per heavy atom. The maximum atomic E-state index is 12.3. The molecular formula is C19H20N2O3. The zero-order valence-corrected chi connectivity index (χ0v) is 13.8. The van der Waals surface area contributed by atoms with Crippen LogP contribution in [0.5, 0.6) is 5.75 Å². The molecule has 0 heterocycles. The highest BCUT2D eigenvalue weighted by Crippen LogP contribution is 2.35. The Hall–Kier alpha value is -2.82. The smallest absolute Gasteiger partial charge is 0.255 e. The summed E-state index contributed by atoms with van der Waals surface area (Å²) in [5.74, 6) is 0.481. The van der Waals surface area contributed by atoms with Crippen molar-refractivity contribution in [3.05, 3.63) is 53.6 Å². The van der Waals surface area contributed by atoms with Crippen LogP contribution in [0.25, 0.3) is 0 Å². The number of nitrogens with one attached hydrogen (secondary N) is 2. The predicted molar refractivity (Wildman–Crippen MR) is 93.5 cm³/mol. The molecule has 3 rings (SSSR count). The zero-order chi connectivity index (χ0) is 17.1. The molecule has 5 heteroatoms. The van der Waals surface area contributed by atoms with Crippen LogP contribution in [0.4, 0.5) is 11.4 Å². The van der Waals surface area contributed by atoms with Gasteiger partial charge >= 0.3 is 0 Å². The molecular weight excluding hydrogens is 304 g/mol. The molecule has 1 saturated carbocycles. The van der Waals surface area contributed by atoms with Gasteiger partial charge < -0.3 is 15.4 Å². The van der Waals surface area contributed by atoms with E-state index < -0.39 is 0 Å². The van der Waals surface area contributed by atoms with Crippen molar-refractivity contribution in [3.63, 3.8) is 0 Å². The molecule has 0 bridgehead atoms. The Bertz CT molecular complexity index is 768. The lowest BCUT2D eigenvalue weighted by Crippen LogP contribution is -2.16. The molecule has 124 valence electrons. The molecule has 2 aromatic carbocycles. The maximum absolute atomic E-state index is 12.3. The largest absolute Gasteiger partial charge is 0.494 e. The number of benzene rings is 2. The normalized spacial score (nSPS) is 13.2. The number of anilines is 2. The van der Waals surface area contributed by atoms with Crippen molar-refractivity contribution in [3.8, 4) is 5.75 Å². The van der Waals surface area contributed by atoms with Crippen LogP contribution in [-0.2, 0) is 4.79 Å². The highest BCUT2D eigenvalue weighted by atomic mass is 16.5. The van der Waals surface area contributed by atoms with Crippen LogP contribution in [0.15, 0.2) is 42.5 Å². The van der Waals surface area contributed by atoms with Crippen molar-refractivity contribution in [1.29, 1.82) is 0 Å². The summed E-state index contributed by atoms with van der Waals surface area (Å²) < 4.78 is 5.36. The number of carbonyl (C=O) groups excluding carboxylic acids is 2. The number of ether oxygens (including phenoxy) is 1. The lowest BCUT2D eigenvalue weighted by atomic mass is 10.1. The summed E-state index contributed by atoms with van der Waals surface area (Å²) in [6.45, 7) is 1.88. The molecule has 1 aliphatic carbocycles. The van der Waals surface area contributed by atoms with Gasteiger partial charge in [-0.25, -0.2) is 0 Å². The number of rotatable bonds is 5. The lowest BCUT2D eigenvalue weighted by Gasteiger charge is -2.15. The van der Waals surface area contributed by atoms with Gasteiger partial charge in [0.25, 0.3) is 5.91 Å². The van der Waals surface area contributed by atoms with E-state index >= 15 is 0 Å². The number of carbonyl (C=O) groups is 2. The molecule has 5 nitrogen and oxygen atoms in total. The van der Waals surface area contributed by atoms with Gasteiger partial charge in [-0.1, -0.05) is 18.2 Å². The van der Waals surface area contributed by atoms with E-state index in [9.17, 15) is 9.59 Å². The summed E-state index contributed by atoms with van der Waals surface area (Å²) in [5, 5.41) is 5.79. The van der Waals surface area contributed by atoms with Gasteiger partial charge in [-0.05, 0) is 43.5 Å². The van der Waals surface area contributed by atoms with Crippen molar-refractivity contribution in [1.82, 2.24) is 0 Å². The van der Waals surface area contributed by atoms with E-state index in [4.69, 9.17) is 4.74 Å². The van der Waals surface area contributed by atoms with E-state index in [1.54, 1.807) is 25.3 Å². The van der Waals surface area contributed by atoms with Crippen molar-refractivity contribution in [2.45, 2.75) is 19.8 Å². The average molecular weight is 324 g/mol. The molecule has 0 atom stereocenters. The Kier molecular flexibility index (Phi) is 4.51. The molecule has 2 aromatic rings. The first kappa shape index (κ1) is 16.1. The molecule has 0 spiro atoms. The van der Waals surface area contributed by atoms with Crippen LogP contribution in [0.2, 0.25) is 0 Å². The summed E-state index contributed by atoms with van der Waals surface area (Å²) in [5.41, 5.74) is 2.72. The summed E-state index contributed by atoms with van der Waals surface area (Å²) >= 11 is 0. The fourth-order valence-electron chi connectivity index (χ4n) is 2.45. The lowest BCUT2D eigenvalue weighted by molar-refractivity contribution is -0.117. The van der Waals surface area contributed by atoms with E-state index in [-0.39, 0.29) is 17.7 Å². The van der Waals surface area contributed by atoms with E-state index in [1.165, 1.54) is 0 Å². The minimum atomic E-state index is -0.185. The van der Waals surface area contributed by atoms with E-state index in [2.05, 4.69) is 10.6 Å². The van der Waals surface area contributed by atoms with Gasteiger partial charge in [-0.15, -0.1) is 0 Å². The Balaban J connectivity index is 1.81. The minimum absolute atomic E-state index is 0.0220. The summed E-state index contributed by atoms with van der Waals surface area (Å²) in [7, 11) is 1.54. The SMILES string of the molecule is COc1cc(NC(=O)c2ccccc2)c(C)cc1NC(=O)C1CC1. The number of hydrogen-bond donors (Lipinski definition) is 2. The molecule has 2 amide bonds. The zero-order valence-electron chi connectivity index (χ0n) is 13.8. The Morgan fingerprint density at radius 1 is 1.04 bits per heavy atom. The van der Waals surface area contributed by atoms with Crippen molar-refractivity contribution >= 4 is 23.2 Å². The van der Waals surface area contributed by atoms with Crippen LogP contribution < -0.4 is 15.4 Å². The standard InChI is InChI=1S/C19H20N2O3/c1-12-10-16(21-19(23)14-8-9-14)17(24-2)11-15(12)20-18(22)13-6-4-3-5-7-13/h3-7,10-11,14H,8-9H2,1-2H3,(H,20,22)(H,21,23). The van der Waals surface area contributed by atoms with Gasteiger partial charge in [-0.3, -0.25) is 9.59 Å². The first-order valence-corrected chi connectivity index (χ1v) is 7.94. The molecule has 0 radical (unpaired) electrons. The topological polar surface area (TPSA) is 67.4 Å². The fourth-order valence-corrected chi connectivity index (χ4v) is 2.45. The third-order valence-electron chi connectivity index (χ3n) is 4.04. The summed E-state index contributed by atoms with van der Waals surface area (Å²) in [6, 6.07) is 12.6. The Labute approximate surface area is 141 Å². The molecule has 0 aliphatic heterocycles. The highest BCUT2D eigenvalue weighted by Gasteiger charge is 2.30. The summed E-state index contributed by atoms with van der Waals surface area (Å²) in [4.78, 5) is 24.3. The van der Waals surface area contributed by atoms with E-state index in [0.29, 0.717) is 22.7 Å². The maximum Gasteiger partial charge on any atom is 0.255 e. The quantitative estimate of drug-likeness (QED) is 0.883. The molecule has 24 heavy (non-hydrogen) atoms. The molecule has 0 unspecified atom stereocenters. The van der Waals surface area contributed by atoms with Crippen molar-refractivity contribution in [2.75, 3.05) is 17.7 Å². The third-order valence-corrected chi connectivity index (χ3v) is 4.04. The second-order valence-corrected chi connectivity index (χ2v) is 5.95.